The zero-order valence-electron chi connectivity index (χ0n) is 33.2. The van der Waals surface area contributed by atoms with Crippen molar-refractivity contribution >= 4 is 23.9 Å². The van der Waals surface area contributed by atoms with Crippen molar-refractivity contribution in [3.8, 4) is 11.5 Å². The van der Waals surface area contributed by atoms with Crippen LogP contribution >= 0.6 is 0 Å². The Labute approximate surface area is 311 Å². The number of aryl methyl sites for hydroxylation is 2. The number of hydrogen-bond acceptors (Lipinski definition) is 11. The molecule has 1 aromatic carbocycles. The Balaban J connectivity index is 1.67. The summed E-state index contributed by atoms with van der Waals surface area (Å²) in [5.41, 5.74) is 1.58. The lowest BCUT2D eigenvalue weighted by molar-refractivity contribution is -0.288. The number of ether oxygens (including phenoxy) is 7. The van der Waals surface area contributed by atoms with Crippen LogP contribution in [0.3, 0.4) is 0 Å². The van der Waals surface area contributed by atoms with Gasteiger partial charge in [-0.2, -0.15) is 0 Å². The molecule has 0 radical (unpaired) electrons. The fourth-order valence-electron chi connectivity index (χ4n) is 7.30. The van der Waals surface area contributed by atoms with Gasteiger partial charge < -0.3 is 33.2 Å². The normalized spacial score (nSPS) is 25.2. The molecule has 0 aromatic heterocycles. The molecule has 52 heavy (non-hydrogen) atoms. The Bertz CT molecular complexity index is 1340. The van der Waals surface area contributed by atoms with Crippen molar-refractivity contribution in [2.75, 3.05) is 6.61 Å². The van der Waals surface area contributed by atoms with Crippen LogP contribution in [0.4, 0.5) is 0 Å². The Hall–Kier alpha value is -3.34. The van der Waals surface area contributed by atoms with Gasteiger partial charge in [0.2, 0.25) is 12.4 Å². The van der Waals surface area contributed by atoms with E-state index < -0.39 is 54.6 Å². The number of benzene rings is 1. The first kappa shape index (κ1) is 43.1. The maximum atomic E-state index is 12.2. The molecule has 3 rings (SSSR count). The zero-order chi connectivity index (χ0) is 38.6. The van der Waals surface area contributed by atoms with Crippen LogP contribution in [0.15, 0.2) is 12.1 Å². The summed E-state index contributed by atoms with van der Waals surface area (Å²) >= 11 is 0. The third-order valence-corrected chi connectivity index (χ3v) is 10.1. The van der Waals surface area contributed by atoms with Crippen LogP contribution in [-0.2, 0) is 49.3 Å². The second-order valence-electron chi connectivity index (χ2n) is 15.8. The predicted octanol–water partition coefficient (Wildman–Crippen LogP) is 7.98. The van der Waals surface area contributed by atoms with E-state index >= 15 is 0 Å². The fraction of sp³-hybridized carbons (Fsp3) is 0.756. The van der Waals surface area contributed by atoms with Crippen LogP contribution in [0.25, 0.3) is 0 Å². The highest BCUT2D eigenvalue weighted by Gasteiger charge is 2.53. The molecule has 11 heteroatoms. The maximum Gasteiger partial charge on any atom is 0.303 e. The van der Waals surface area contributed by atoms with E-state index in [4.69, 9.17) is 33.2 Å². The van der Waals surface area contributed by atoms with Crippen LogP contribution < -0.4 is 9.47 Å². The minimum Gasteiger partial charge on any atom is -0.487 e. The van der Waals surface area contributed by atoms with Gasteiger partial charge in [-0.1, -0.05) is 72.6 Å². The summed E-state index contributed by atoms with van der Waals surface area (Å²) in [5.74, 6) is 0.873. The second-order valence-corrected chi connectivity index (χ2v) is 15.8. The van der Waals surface area contributed by atoms with Gasteiger partial charge in [0.1, 0.15) is 29.8 Å². The van der Waals surface area contributed by atoms with E-state index in [9.17, 15) is 19.2 Å². The summed E-state index contributed by atoms with van der Waals surface area (Å²) in [6, 6.07) is 3.70. The third kappa shape index (κ3) is 13.9. The quantitative estimate of drug-likeness (QED) is 0.101. The van der Waals surface area contributed by atoms with Crippen LogP contribution in [0.5, 0.6) is 11.5 Å². The molecule has 2 aliphatic heterocycles. The lowest BCUT2D eigenvalue weighted by Gasteiger charge is -2.44. The fourth-order valence-corrected chi connectivity index (χ4v) is 7.30. The van der Waals surface area contributed by atoms with Gasteiger partial charge in [-0.25, -0.2) is 0 Å². The van der Waals surface area contributed by atoms with Gasteiger partial charge >= 0.3 is 23.9 Å². The molecule has 0 unspecified atom stereocenters. The van der Waals surface area contributed by atoms with E-state index in [1.165, 1.54) is 72.6 Å². The van der Waals surface area contributed by atoms with E-state index in [1.807, 2.05) is 19.1 Å². The van der Waals surface area contributed by atoms with Gasteiger partial charge in [-0.15, -0.1) is 0 Å². The monoisotopic (exact) mass is 732 g/mol. The Morgan fingerprint density at radius 1 is 0.769 bits per heavy atom. The standard InChI is InChI=1S/C41H64O11/c1-25(2)14-11-15-26(3)16-12-17-27(4)18-13-20-41(10)21-19-33-23-34(22-28(5)36(33)52-41)50-40-39(49-32(9)45)38(48-31(8)44)37(47-30(7)43)35(51-40)24-46-29(6)42/h22-23,25-27,35,37-40H,11-21,24H2,1-10H3/t26-,27-,35+,37+,38-,39-,40-,41-/m0/s1. The molecule has 11 nitrogen and oxygen atoms in total. The van der Waals surface area contributed by atoms with Crippen molar-refractivity contribution in [2.24, 2.45) is 17.8 Å². The van der Waals surface area contributed by atoms with Gasteiger partial charge in [0.25, 0.3) is 0 Å². The molecule has 0 saturated carbocycles. The lowest BCUT2D eigenvalue weighted by atomic mass is 9.85. The molecule has 1 saturated heterocycles. The topological polar surface area (TPSA) is 133 Å². The van der Waals surface area contributed by atoms with Gasteiger partial charge in [0.05, 0.1) is 0 Å². The molecular formula is C41H64O11. The van der Waals surface area contributed by atoms with Crippen LogP contribution in [0, 0.1) is 24.7 Å². The van der Waals surface area contributed by atoms with Crippen molar-refractivity contribution in [3.63, 3.8) is 0 Å². The highest BCUT2D eigenvalue weighted by atomic mass is 16.7. The molecule has 0 spiro atoms. The first-order chi connectivity index (χ1) is 24.5. The minimum atomic E-state index is -1.31. The zero-order valence-corrected chi connectivity index (χ0v) is 33.2. The molecule has 0 bridgehead atoms. The minimum absolute atomic E-state index is 0.273. The van der Waals surface area contributed by atoms with Gasteiger partial charge in [0.15, 0.2) is 12.2 Å². The highest BCUT2D eigenvalue weighted by Crippen LogP contribution is 2.41. The molecule has 2 aliphatic rings. The summed E-state index contributed by atoms with van der Waals surface area (Å²) < 4.78 is 40.9. The van der Waals surface area contributed by atoms with Crippen molar-refractivity contribution in [1.82, 2.24) is 0 Å². The number of esters is 4. The van der Waals surface area contributed by atoms with Crippen molar-refractivity contribution in [2.45, 2.75) is 176 Å². The molecule has 0 amide bonds. The maximum absolute atomic E-state index is 12.2. The van der Waals surface area contributed by atoms with Crippen molar-refractivity contribution in [3.05, 3.63) is 23.3 Å². The highest BCUT2D eigenvalue weighted by molar-refractivity contribution is 5.68. The molecule has 1 fully saturated rings. The first-order valence-corrected chi connectivity index (χ1v) is 19.3. The summed E-state index contributed by atoms with van der Waals surface area (Å²) in [6.07, 6.45) is 6.54. The number of rotatable bonds is 19. The summed E-state index contributed by atoms with van der Waals surface area (Å²) in [4.78, 5) is 48.2. The van der Waals surface area contributed by atoms with E-state index in [2.05, 4.69) is 34.6 Å². The Morgan fingerprint density at radius 2 is 1.33 bits per heavy atom. The van der Waals surface area contributed by atoms with E-state index in [0.29, 0.717) is 11.7 Å². The first-order valence-electron chi connectivity index (χ1n) is 19.3. The molecule has 8 atom stereocenters. The van der Waals surface area contributed by atoms with Crippen LogP contribution in [-0.4, -0.2) is 66.8 Å². The molecule has 2 heterocycles. The SMILES string of the molecule is CC(=O)OC[C@H]1O[C@H](Oc2cc(C)c3c(c2)CC[C@](C)(CCC[C@@H](C)CCC[C@@H](C)CCCC(C)C)O3)[C@@H](OC(C)=O)[C@@H](OC(C)=O)[C@@H]1OC(C)=O. The number of carbonyl (C=O) groups is 4. The molecular weight excluding hydrogens is 668 g/mol. The Kier molecular flexibility index (Phi) is 16.7. The van der Waals surface area contributed by atoms with Gasteiger partial charge in [-0.3, -0.25) is 19.2 Å². The predicted molar refractivity (Wildman–Crippen MR) is 196 cm³/mol. The van der Waals surface area contributed by atoms with Crippen molar-refractivity contribution < 1.29 is 52.3 Å². The van der Waals surface area contributed by atoms with Crippen molar-refractivity contribution in [1.29, 1.82) is 0 Å². The molecule has 1 aromatic rings. The average molecular weight is 733 g/mol. The molecule has 0 N–H and O–H groups in total. The largest absolute Gasteiger partial charge is 0.487 e. The summed E-state index contributed by atoms with van der Waals surface area (Å²) in [7, 11) is 0. The van der Waals surface area contributed by atoms with Crippen LogP contribution in [0.1, 0.15) is 138 Å². The van der Waals surface area contributed by atoms with E-state index in [-0.39, 0.29) is 12.2 Å². The summed E-state index contributed by atoms with van der Waals surface area (Å²) in [5, 5.41) is 0. The third-order valence-electron chi connectivity index (χ3n) is 10.1. The molecule has 294 valence electrons. The summed E-state index contributed by atoms with van der Waals surface area (Å²) in [6.45, 7) is 18.0. The second kappa shape index (κ2) is 20.2. The van der Waals surface area contributed by atoms with Gasteiger partial charge in [-0.05, 0) is 80.5 Å². The average Bonchev–Trinajstić information content (AvgIpc) is 3.02. The smallest absolute Gasteiger partial charge is 0.303 e. The van der Waals surface area contributed by atoms with Crippen LogP contribution in [0.2, 0.25) is 0 Å². The Morgan fingerprint density at radius 3 is 1.90 bits per heavy atom. The van der Waals surface area contributed by atoms with E-state index in [1.54, 1.807) is 0 Å². The number of fused-ring (bicyclic) bond motifs is 1. The number of hydrogen-bond donors (Lipinski definition) is 0. The van der Waals surface area contributed by atoms with Gasteiger partial charge in [0, 0.05) is 27.7 Å². The molecule has 0 aliphatic carbocycles. The lowest BCUT2D eigenvalue weighted by Crippen LogP contribution is -2.63. The number of carbonyl (C=O) groups excluding carboxylic acids is 4. The van der Waals surface area contributed by atoms with E-state index in [0.717, 1.165) is 54.4 Å².